The van der Waals surface area contributed by atoms with Gasteiger partial charge in [0.05, 0.1) is 0 Å². The van der Waals surface area contributed by atoms with Crippen LogP contribution in [-0.2, 0) is 14.3 Å². The van der Waals surface area contributed by atoms with E-state index in [2.05, 4.69) is 0 Å². The Kier molecular flexibility index (Phi) is 6.34. The van der Waals surface area contributed by atoms with E-state index in [0.717, 1.165) is 25.5 Å². The number of rotatable bonds is 6. The molecule has 0 N–H and O–H groups in total. The number of aldehydes is 1. The van der Waals surface area contributed by atoms with Gasteiger partial charge in [0.25, 0.3) is 0 Å². The van der Waals surface area contributed by atoms with Crippen molar-refractivity contribution >= 4 is 12.3 Å². The highest BCUT2D eigenvalue weighted by Gasteiger charge is 2.07. The van der Waals surface area contributed by atoms with Gasteiger partial charge in [0.2, 0.25) is 0 Å². The van der Waals surface area contributed by atoms with E-state index in [1.165, 1.54) is 6.92 Å². The van der Waals surface area contributed by atoms with E-state index in [-0.39, 0.29) is 12.1 Å². The van der Waals surface area contributed by atoms with Crippen LogP contribution in [0.2, 0.25) is 0 Å². The maximum atomic E-state index is 10.6. The van der Waals surface area contributed by atoms with Crippen LogP contribution in [0.4, 0.5) is 0 Å². The molecule has 3 nitrogen and oxygen atoms in total. The van der Waals surface area contributed by atoms with E-state index in [9.17, 15) is 9.59 Å². The fraction of sp³-hybridized carbons (Fsp3) is 0.778. The number of hydrogen-bond donors (Lipinski definition) is 0. The molecule has 3 heteroatoms. The van der Waals surface area contributed by atoms with Gasteiger partial charge in [-0.1, -0.05) is 6.92 Å². The van der Waals surface area contributed by atoms with Gasteiger partial charge in [-0.3, -0.25) is 4.79 Å². The Morgan fingerprint density at radius 2 is 2.25 bits per heavy atom. The van der Waals surface area contributed by atoms with Gasteiger partial charge in [0.15, 0.2) is 0 Å². The molecule has 0 radical (unpaired) electrons. The summed E-state index contributed by atoms with van der Waals surface area (Å²) in [4.78, 5) is 20.5. The van der Waals surface area contributed by atoms with E-state index in [4.69, 9.17) is 4.74 Å². The van der Waals surface area contributed by atoms with E-state index >= 15 is 0 Å². The van der Waals surface area contributed by atoms with Gasteiger partial charge >= 0.3 is 5.97 Å². The van der Waals surface area contributed by atoms with Gasteiger partial charge in [-0.15, -0.1) is 0 Å². The van der Waals surface area contributed by atoms with Gasteiger partial charge in [-0.2, -0.15) is 0 Å². The fourth-order valence-corrected chi connectivity index (χ4v) is 1.01. The lowest BCUT2D eigenvalue weighted by Crippen LogP contribution is -2.14. The highest BCUT2D eigenvalue weighted by molar-refractivity contribution is 5.66. The van der Waals surface area contributed by atoms with Crippen LogP contribution in [0.3, 0.4) is 0 Å². The zero-order valence-electron chi connectivity index (χ0n) is 7.71. The number of unbranched alkanes of at least 4 members (excludes halogenated alkanes) is 1. The Morgan fingerprint density at radius 1 is 1.58 bits per heavy atom. The van der Waals surface area contributed by atoms with E-state index in [1.807, 2.05) is 6.92 Å². The van der Waals surface area contributed by atoms with Gasteiger partial charge < -0.3 is 9.53 Å². The van der Waals surface area contributed by atoms with E-state index in [0.29, 0.717) is 6.42 Å². The molecular weight excluding hydrogens is 156 g/mol. The molecule has 0 bridgehead atoms. The topological polar surface area (TPSA) is 43.4 Å². The van der Waals surface area contributed by atoms with Crippen molar-refractivity contribution in [2.45, 2.75) is 45.6 Å². The molecule has 0 spiro atoms. The molecule has 1 atom stereocenters. The quantitative estimate of drug-likeness (QED) is 0.348. The first kappa shape index (κ1) is 11.1. The first-order valence-corrected chi connectivity index (χ1v) is 4.31. The number of esters is 1. The molecule has 0 fully saturated rings. The van der Waals surface area contributed by atoms with Crippen LogP contribution < -0.4 is 0 Å². The average molecular weight is 172 g/mol. The highest BCUT2D eigenvalue weighted by atomic mass is 16.5. The fourth-order valence-electron chi connectivity index (χ4n) is 1.01. The number of hydrogen-bond acceptors (Lipinski definition) is 3. The van der Waals surface area contributed by atoms with Crippen molar-refractivity contribution in [2.24, 2.45) is 0 Å². The smallest absolute Gasteiger partial charge is 0.302 e. The first-order chi connectivity index (χ1) is 5.70. The lowest BCUT2D eigenvalue weighted by molar-refractivity contribution is -0.146. The van der Waals surface area contributed by atoms with Crippen molar-refractivity contribution in [3.05, 3.63) is 0 Å². The van der Waals surface area contributed by atoms with Crippen LogP contribution in [0.25, 0.3) is 0 Å². The normalized spacial score (nSPS) is 12.2. The number of carbonyl (C=O) groups excluding carboxylic acids is 2. The average Bonchev–Trinajstić information content (AvgIpc) is 2.02. The second kappa shape index (κ2) is 6.83. The van der Waals surface area contributed by atoms with Crippen LogP contribution in [0.1, 0.15) is 39.5 Å². The number of carbonyl (C=O) groups is 2. The highest BCUT2D eigenvalue weighted by Crippen LogP contribution is 2.07. The van der Waals surface area contributed by atoms with Crippen molar-refractivity contribution in [2.75, 3.05) is 0 Å². The van der Waals surface area contributed by atoms with Crippen molar-refractivity contribution < 1.29 is 14.3 Å². The van der Waals surface area contributed by atoms with Gasteiger partial charge in [-0.25, -0.2) is 0 Å². The molecule has 0 aliphatic rings. The van der Waals surface area contributed by atoms with Gasteiger partial charge in [0.1, 0.15) is 12.4 Å². The van der Waals surface area contributed by atoms with E-state index < -0.39 is 0 Å². The molecule has 0 aromatic carbocycles. The Bertz CT molecular complexity index is 143. The minimum atomic E-state index is -0.243. The van der Waals surface area contributed by atoms with Gasteiger partial charge in [-0.05, 0) is 19.3 Å². The largest absolute Gasteiger partial charge is 0.463 e. The lowest BCUT2D eigenvalue weighted by Gasteiger charge is -2.13. The molecule has 0 aromatic rings. The Labute approximate surface area is 73.1 Å². The van der Waals surface area contributed by atoms with Crippen molar-refractivity contribution in [3.63, 3.8) is 0 Å². The Morgan fingerprint density at radius 3 is 2.67 bits per heavy atom. The molecule has 0 unspecified atom stereocenters. The summed E-state index contributed by atoms with van der Waals surface area (Å²) < 4.78 is 4.99. The maximum absolute atomic E-state index is 10.6. The third-order valence-corrected chi connectivity index (χ3v) is 1.64. The summed E-state index contributed by atoms with van der Waals surface area (Å²) in [7, 11) is 0. The molecule has 0 saturated heterocycles. The summed E-state index contributed by atoms with van der Waals surface area (Å²) in [6.07, 6.45) is 3.84. The summed E-state index contributed by atoms with van der Waals surface area (Å²) >= 11 is 0. The van der Waals surface area contributed by atoms with Crippen molar-refractivity contribution in [1.29, 1.82) is 0 Å². The molecule has 0 aromatic heterocycles. The predicted octanol–water partition coefficient (Wildman–Crippen LogP) is 1.70. The second-order valence-corrected chi connectivity index (χ2v) is 2.74. The monoisotopic (exact) mass is 172 g/mol. The maximum Gasteiger partial charge on any atom is 0.302 e. The molecule has 0 heterocycles. The van der Waals surface area contributed by atoms with Crippen molar-refractivity contribution in [3.8, 4) is 0 Å². The standard InChI is InChI=1S/C9H16O3/c1-3-9(12-8(2)11)6-4-5-7-10/h7,9H,3-6H2,1-2H3/t9-/m1/s1. The Balaban J connectivity index is 3.52. The SMILES string of the molecule is CC[C@H](CCCC=O)OC(C)=O. The third kappa shape index (κ3) is 5.89. The zero-order chi connectivity index (χ0) is 9.40. The molecular formula is C9H16O3. The lowest BCUT2D eigenvalue weighted by atomic mass is 10.1. The minimum Gasteiger partial charge on any atom is -0.463 e. The summed E-state index contributed by atoms with van der Waals surface area (Å²) in [5.41, 5.74) is 0. The molecule has 0 aliphatic heterocycles. The molecule has 70 valence electrons. The zero-order valence-corrected chi connectivity index (χ0v) is 7.71. The predicted molar refractivity (Wildman–Crippen MR) is 45.8 cm³/mol. The molecule has 0 saturated carbocycles. The summed E-state index contributed by atoms with van der Waals surface area (Å²) in [5.74, 6) is -0.243. The molecule has 12 heavy (non-hydrogen) atoms. The minimum absolute atomic E-state index is 0.0116. The third-order valence-electron chi connectivity index (χ3n) is 1.64. The summed E-state index contributed by atoms with van der Waals surface area (Å²) in [6.45, 7) is 3.37. The van der Waals surface area contributed by atoms with Crippen LogP contribution in [0.5, 0.6) is 0 Å². The molecule has 0 aliphatic carbocycles. The van der Waals surface area contributed by atoms with Crippen molar-refractivity contribution in [1.82, 2.24) is 0 Å². The van der Waals surface area contributed by atoms with Gasteiger partial charge in [0, 0.05) is 13.3 Å². The van der Waals surface area contributed by atoms with Crippen LogP contribution in [0, 0.1) is 0 Å². The summed E-state index contributed by atoms with van der Waals surface area (Å²) in [5, 5.41) is 0. The Hall–Kier alpha value is -0.860. The molecule has 0 amide bonds. The van der Waals surface area contributed by atoms with Crippen LogP contribution >= 0.6 is 0 Å². The summed E-state index contributed by atoms with van der Waals surface area (Å²) in [6, 6.07) is 0. The first-order valence-electron chi connectivity index (χ1n) is 4.31. The molecule has 0 rings (SSSR count). The second-order valence-electron chi connectivity index (χ2n) is 2.74. The number of ether oxygens (including phenoxy) is 1. The van der Waals surface area contributed by atoms with E-state index in [1.54, 1.807) is 0 Å². The van der Waals surface area contributed by atoms with Crippen LogP contribution in [0.15, 0.2) is 0 Å². The van der Waals surface area contributed by atoms with Crippen LogP contribution in [-0.4, -0.2) is 18.4 Å².